The van der Waals surface area contributed by atoms with Crippen LogP contribution in [0.3, 0.4) is 0 Å². The highest BCUT2D eigenvalue weighted by Crippen LogP contribution is 2.46. The van der Waals surface area contributed by atoms with Crippen LogP contribution in [-0.4, -0.2) is 9.13 Å². The van der Waals surface area contributed by atoms with Crippen molar-refractivity contribution < 1.29 is 9.13 Å². The van der Waals surface area contributed by atoms with Crippen LogP contribution in [0.2, 0.25) is 0 Å². The van der Waals surface area contributed by atoms with Crippen LogP contribution in [0.25, 0.3) is 54.4 Å². The Labute approximate surface area is 239 Å². The number of rotatable bonds is 6. The van der Waals surface area contributed by atoms with E-state index in [-0.39, 0.29) is 10.8 Å². The second-order valence-electron chi connectivity index (χ2n) is 14.3. The Kier molecular flexibility index (Phi) is 6.22. The number of unbranched alkanes of at least 4 members (excludes halogenated alkanes) is 2. The van der Waals surface area contributed by atoms with Gasteiger partial charge in [-0.2, -0.15) is 0 Å². The number of imidazole rings is 2. The second-order valence-corrected chi connectivity index (χ2v) is 14.3. The van der Waals surface area contributed by atoms with Crippen molar-refractivity contribution in [3.05, 3.63) is 48.0 Å². The van der Waals surface area contributed by atoms with Gasteiger partial charge in [-0.1, -0.05) is 68.2 Å². The summed E-state index contributed by atoms with van der Waals surface area (Å²) in [6, 6.07) is 10.1. The van der Waals surface area contributed by atoms with Crippen molar-refractivity contribution in [3.8, 4) is 0 Å². The summed E-state index contributed by atoms with van der Waals surface area (Å²) < 4.78 is 9.86. The van der Waals surface area contributed by atoms with E-state index < -0.39 is 0 Å². The Bertz CT molecular complexity index is 1760. The van der Waals surface area contributed by atoms with E-state index in [9.17, 15) is 0 Å². The Morgan fingerprint density at radius 3 is 1.25 bits per heavy atom. The molecule has 6 aromatic rings. The topological polar surface area (TPSA) is 17.6 Å². The minimum Gasteiger partial charge on any atom is -0.232 e. The van der Waals surface area contributed by atoms with Gasteiger partial charge in [0.2, 0.25) is 12.7 Å². The Hall–Kier alpha value is -3.14. The van der Waals surface area contributed by atoms with Gasteiger partial charge >= 0.3 is 0 Å². The van der Waals surface area contributed by atoms with E-state index in [0.29, 0.717) is 0 Å². The zero-order chi connectivity index (χ0) is 28.7. The Morgan fingerprint density at radius 2 is 0.925 bits per heavy atom. The van der Waals surface area contributed by atoms with Gasteiger partial charge in [0, 0.05) is 32.3 Å². The van der Waals surface area contributed by atoms with Crippen LogP contribution in [0.5, 0.6) is 0 Å². The Morgan fingerprint density at radius 1 is 0.575 bits per heavy atom. The average Bonchev–Trinajstić information content (AvgIpc) is 3.40. The lowest BCUT2D eigenvalue weighted by atomic mass is 9.80. The first-order valence-electron chi connectivity index (χ1n) is 15.4. The number of aryl methyl sites for hydroxylation is 4. The molecule has 0 saturated heterocycles. The molecule has 4 heteroatoms. The maximum atomic E-state index is 2.54. The number of hydrogen-bond acceptors (Lipinski definition) is 0. The third-order valence-electron chi connectivity index (χ3n) is 9.14. The monoisotopic (exact) mass is 536 g/mol. The minimum absolute atomic E-state index is 0.0505. The lowest BCUT2D eigenvalue weighted by Crippen LogP contribution is -2.26. The van der Waals surface area contributed by atoms with Crippen LogP contribution in [0, 0.1) is 0 Å². The van der Waals surface area contributed by atoms with Gasteiger partial charge in [-0.25, -0.2) is 18.3 Å². The van der Waals surface area contributed by atoms with Gasteiger partial charge in [-0.3, -0.25) is 0 Å². The molecule has 0 N–H and O–H groups in total. The van der Waals surface area contributed by atoms with E-state index in [1.165, 1.54) is 91.2 Å². The molecule has 6 rings (SSSR count). The molecule has 0 amide bonds. The molecule has 0 radical (unpaired) electrons. The SMILES string of the molecule is CCCCn1c[n+](C)c2c3cc(C(C)(C)C)cc4c3c3c(cc(C(C)(C)C)cc3c3c4n(CCCC)c[n+]3C)c21. The highest BCUT2D eigenvalue weighted by Gasteiger charge is 2.31. The third kappa shape index (κ3) is 3.93. The molecule has 0 aliphatic rings. The first-order chi connectivity index (χ1) is 18.9. The molecule has 4 nitrogen and oxygen atoms in total. The molecule has 0 atom stereocenters. The summed E-state index contributed by atoms with van der Waals surface area (Å²) in [4.78, 5) is 0. The van der Waals surface area contributed by atoms with E-state index in [4.69, 9.17) is 0 Å². The molecule has 0 unspecified atom stereocenters. The molecule has 0 saturated carbocycles. The first-order valence-corrected chi connectivity index (χ1v) is 15.4. The fourth-order valence-electron chi connectivity index (χ4n) is 6.89. The lowest BCUT2D eigenvalue weighted by Gasteiger charge is -2.24. The maximum Gasteiger partial charge on any atom is 0.244 e. The van der Waals surface area contributed by atoms with Crippen LogP contribution in [0.1, 0.15) is 92.2 Å². The normalized spacial score (nSPS) is 13.3. The molecular weight excluding hydrogens is 488 g/mol. The fourth-order valence-corrected chi connectivity index (χ4v) is 6.89. The van der Waals surface area contributed by atoms with Crippen LogP contribution in [0.4, 0.5) is 0 Å². The summed E-state index contributed by atoms with van der Waals surface area (Å²) in [5.41, 5.74) is 8.42. The fraction of sp³-hybridized carbons (Fsp3) is 0.500. The molecule has 0 aliphatic heterocycles. The van der Waals surface area contributed by atoms with E-state index >= 15 is 0 Å². The standard InChI is InChI=1S/C36H48N4/c1-11-13-15-39-21-37(9)31-25-17-24(36(6,7)8)20-28-30(25)29-26(18-23(35(3,4)5)19-27(29)33(31)39)32-34(28)40(16-14-12-2)22-38(32)10/h17-22H,11-16H2,1-10H3/q+2. The Balaban J connectivity index is 1.97. The number of hydrogen-bond donors (Lipinski definition) is 0. The molecule has 2 aromatic heterocycles. The van der Waals surface area contributed by atoms with Gasteiger partial charge in [0.15, 0.2) is 22.1 Å². The van der Waals surface area contributed by atoms with Crippen LogP contribution in [-0.2, 0) is 38.0 Å². The van der Waals surface area contributed by atoms with Crippen molar-refractivity contribution in [2.75, 3.05) is 0 Å². The summed E-state index contributed by atoms with van der Waals surface area (Å²) in [5.74, 6) is 0. The van der Waals surface area contributed by atoms with Crippen LogP contribution < -0.4 is 9.13 Å². The number of benzene rings is 4. The molecule has 0 aliphatic carbocycles. The molecule has 40 heavy (non-hydrogen) atoms. The average molecular weight is 537 g/mol. The van der Waals surface area contributed by atoms with Gasteiger partial charge in [-0.05, 0) is 59.1 Å². The molecule has 2 heterocycles. The highest BCUT2D eigenvalue weighted by molar-refractivity contribution is 6.37. The van der Waals surface area contributed by atoms with Crippen molar-refractivity contribution in [1.29, 1.82) is 0 Å². The van der Waals surface area contributed by atoms with Crippen LogP contribution in [0.15, 0.2) is 36.9 Å². The maximum absolute atomic E-state index is 2.54. The number of fused-ring (bicyclic) bond motifs is 6. The summed E-state index contributed by atoms with van der Waals surface area (Å²) in [6.07, 6.45) is 9.44. The second kappa shape index (κ2) is 9.19. The molecule has 0 spiro atoms. The zero-order valence-corrected chi connectivity index (χ0v) is 26.5. The zero-order valence-electron chi connectivity index (χ0n) is 26.5. The molecule has 210 valence electrons. The molecular formula is C36H48N4+2. The van der Waals surface area contributed by atoms with Crippen molar-refractivity contribution in [3.63, 3.8) is 0 Å². The minimum atomic E-state index is 0.0505. The van der Waals surface area contributed by atoms with Crippen molar-refractivity contribution in [2.45, 2.75) is 105 Å². The predicted octanol–water partition coefficient (Wildman–Crippen LogP) is 8.34. The largest absolute Gasteiger partial charge is 0.244 e. The number of aromatic nitrogens is 4. The van der Waals surface area contributed by atoms with Gasteiger partial charge < -0.3 is 0 Å². The molecule has 0 bridgehead atoms. The van der Waals surface area contributed by atoms with Gasteiger partial charge in [0.1, 0.15) is 0 Å². The molecule has 4 aromatic carbocycles. The van der Waals surface area contributed by atoms with Crippen molar-refractivity contribution >= 4 is 54.4 Å². The van der Waals surface area contributed by atoms with E-state index in [2.05, 4.69) is 125 Å². The lowest BCUT2D eigenvalue weighted by molar-refractivity contribution is -0.645. The van der Waals surface area contributed by atoms with Crippen molar-refractivity contribution in [1.82, 2.24) is 9.13 Å². The van der Waals surface area contributed by atoms with Gasteiger partial charge in [0.25, 0.3) is 0 Å². The number of nitrogens with zero attached hydrogens (tertiary/aromatic N) is 4. The summed E-state index contributed by atoms with van der Waals surface area (Å²) in [5, 5.41) is 8.45. The summed E-state index contributed by atoms with van der Waals surface area (Å²) in [6.45, 7) is 20.8. The highest BCUT2D eigenvalue weighted by atomic mass is 15.1. The quantitative estimate of drug-likeness (QED) is 0.150. The summed E-state index contributed by atoms with van der Waals surface area (Å²) in [7, 11) is 4.49. The molecule has 0 fully saturated rings. The van der Waals surface area contributed by atoms with Gasteiger partial charge in [-0.15, -0.1) is 0 Å². The van der Waals surface area contributed by atoms with E-state index in [1.54, 1.807) is 0 Å². The smallest absolute Gasteiger partial charge is 0.232 e. The van der Waals surface area contributed by atoms with Crippen molar-refractivity contribution in [2.24, 2.45) is 14.1 Å². The summed E-state index contributed by atoms with van der Waals surface area (Å²) >= 11 is 0. The van der Waals surface area contributed by atoms with E-state index in [1.807, 2.05) is 0 Å². The first kappa shape index (κ1) is 27.1. The third-order valence-corrected chi connectivity index (χ3v) is 9.14. The van der Waals surface area contributed by atoms with Crippen LogP contribution >= 0.6 is 0 Å². The van der Waals surface area contributed by atoms with Gasteiger partial charge in [0.05, 0.1) is 27.2 Å². The van der Waals surface area contributed by atoms with E-state index in [0.717, 1.165) is 13.1 Å². The predicted molar refractivity (Wildman–Crippen MR) is 171 cm³/mol.